The van der Waals surface area contributed by atoms with Gasteiger partial charge in [0.1, 0.15) is 5.75 Å². The first-order valence-corrected chi connectivity index (χ1v) is 8.02. The minimum atomic E-state index is 0.714. The molecule has 3 rings (SSSR count). The van der Waals surface area contributed by atoms with Gasteiger partial charge in [0.05, 0.1) is 6.61 Å². The molecule has 0 radical (unpaired) electrons. The lowest BCUT2D eigenvalue weighted by molar-refractivity contribution is 0.270. The van der Waals surface area contributed by atoms with Crippen molar-refractivity contribution in [3.05, 3.63) is 29.3 Å². The summed E-state index contributed by atoms with van der Waals surface area (Å²) >= 11 is 0. The Balaban J connectivity index is 1.54. The summed E-state index contributed by atoms with van der Waals surface area (Å²) in [4.78, 5) is 6.79. The summed E-state index contributed by atoms with van der Waals surface area (Å²) in [5, 5.41) is 0. The number of nitrogens with two attached hydrogens (primary N) is 1. The molecule has 21 heavy (non-hydrogen) atoms. The minimum Gasteiger partial charge on any atom is -0.493 e. The first kappa shape index (κ1) is 14.2. The summed E-state index contributed by atoms with van der Waals surface area (Å²) in [6.45, 7) is 5.96. The smallest absolute Gasteiger partial charge is 0.191 e. The van der Waals surface area contributed by atoms with E-state index in [9.17, 15) is 0 Å². The van der Waals surface area contributed by atoms with Crippen LogP contribution in [0, 0.1) is 5.92 Å². The lowest BCUT2D eigenvalue weighted by atomic mass is 10.0. The Morgan fingerprint density at radius 1 is 1.48 bits per heavy atom. The topological polar surface area (TPSA) is 50.8 Å². The fourth-order valence-corrected chi connectivity index (χ4v) is 3.19. The molecule has 1 atom stereocenters. The zero-order chi connectivity index (χ0) is 14.7. The van der Waals surface area contributed by atoms with Gasteiger partial charge in [-0.15, -0.1) is 0 Å². The van der Waals surface area contributed by atoms with Crippen LogP contribution in [0.2, 0.25) is 0 Å². The number of fused-ring (bicyclic) bond motifs is 1. The summed E-state index contributed by atoms with van der Waals surface area (Å²) in [6.07, 6.45) is 4.50. The normalized spacial score (nSPS) is 22.0. The van der Waals surface area contributed by atoms with Crippen molar-refractivity contribution in [1.82, 2.24) is 4.90 Å². The Morgan fingerprint density at radius 3 is 3.24 bits per heavy atom. The average molecular weight is 287 g/mol. The van der Waals surface area contributed by atoms with Gasteiger partial charge < -0.3 is 15.4 Å². The van der Waals surface area contributed by atoms with Gasteiger partial charge in [0.2, 0.25) is 0 Å². The Hall–Kier alpha value is -1.71. The first-order chi connectivity index (χ1) is 10.2. The third-order valence-corrected chi connectivity index (χ3v) is 4.41. The van der Waals surface area contributed by atoms with E-state index in [-0.39, 0.29) is 0 Å². The van der Waals surface area contributed by atoms with E-state index in [1.807, 2.05) is 0 Å². The summed E-state index contributed by atoms with van der Waals surface area (Å²) < 4.78 is 5.53. The van der Waals surface area contributed by atoms with Crippen LogP contribution in [0.3, 0.4) is 0 Å². The summed E-state index contributed by atoms with van der Waals surface area (Å²) in [7, 11) is 0. The van der Waals surface area contributed by atoms with Crippen molar-refractivity contribution >= 4 is 5.96 Å². The molecule has 0 amide bonds. The molecule has 2 heterocycles. The van der Waals surface area contributed by atoms with E-state index in [1.165, 1.54) is 24.0 Å². The Bertz CT molecular complexity index is 527. The fourth-order valence-electron chi connectivity index (χ4n) is 3.19. The quantitative estimate of drug-likeness (QED) is 0.685. The van der Waals surface area contributed by atoms with Gasteiger partial charge in [-0.1, -0.05) is 19.1 Å². The standard InChI is InChI=1S/C17H25N3O/c1-13-3-2-9-20(12-13)17(18)19-8-6-14-4-5-16-15(11-14)7-10-21-16/h4-5,11,13H,2-3,6-10,12H2,1H3,(H2,18,19). The molecule has 114 valence electrons. The fraction of sp³-hybridized carbons (Fsp3) is 0.588. The van der Waals surface area contributed by atoms with Gasteiger partial charge >= 0.3 is 0 Å². The molecule has 2 N–H and O–H groups in total. The number of aliphatic imine (C=N–C) groups is 1. The molecule has 1 aromatic carbocycles. The Morgan fingerprint density at radius 2 is 2.38 bits per heavy atom. The summed E-state index contributed by atoms with van der Waals surface area (Å²) in [6, 6.07) is 6.47. The molecule has 1 aromatic rings. The molecular formula is C17H25N3O. The van der Waals surface area contributed by atoms with Crippen LogP contribution >= 0.6 is 0 Å². The number of nitrogens with zero attached hydrogens (tertiary/aromatic N) is 2. The van der Waals surface area contributed by atoms with Crippen LogP contribution in [-0.2, 0) is 12.8 Å². The second-order valence-electron chi connectivity index (χ2n) is 6.22. The SMILES string of the molecule is CC1CCCN(C(N)=NCCc2ccc3c(c2)CCO3)C1. The number of piperidine rings is 1. The summed E-state index contributed by atoms with van der Waals surface area (Å²) in [5.74, 6) is 2.49. The number of likely N-dealkylation sites (tertiary alicyclic amines) is 1. The molecule has 1 fully saturated rings. The van der Waals surface area contributed by atoms with Crippen LogP contribution in [-0.4, -0.2) is 37.1 Å². The van der Waals surface area contributed by atoms with Crippen molar-refractivity contribution < 1.29 is 4.74 Å². The molecule has 1 unspecified atom stereocenters. The molecule has 0 aromatic heterocycles. The van der Waals surface area contributed by atoms with Crippen LogP contribution in [0.1, 0.15) is 30.9 Å². The van der Waals surface area contributed by atoms with Crippen LogP contribution in [0.4, 0.5) is 0 Å². The van der Waals surface area contributed by atoms with Crippen molar-refractivity contribution in [1.29, 1.82) is 0 Å². The van der Waals surface area contributed by atoms with Crippen molar-refractivity contribution in [2.24, 2.45) is 16.6 Å². The Kier molecular flexibility index (Phi) is 4.32. The van der Waals surface area contributed by atoms with E-state index in [2.05, 4.69) is 35.0 Å². The number of guanidine groups is 1. The number of benzene rings is 1. The molecule has 0 spiro atoms. The maximum absolute atomic E-state index is 6.12. The van der Waals surface area contributed by atoms with Crippen molar-refractivity contribution in [3.63, 3.8) is 0 Å². The number of rotatable bonds is 3. The van der Waals surface area contributed by atoms with Crippen molar-refractivity contribution in [2.75, 3.05) is 26.2 Å². The zero-order valence-corrected chi connectivity index (χ0v) is 12.8. The molecule has 2 aliphatic rings. The first-order valence-electron chi connectivity index (χ1n) is 8.02. The highest BCUT2D eigenvalue weighted by Crippen LogP contribution is 2.26. The second-order valence-corrected chi connectivity index (χ2v) is 6.22. The van der Waals surface area contributed by atoms with Gasteiger partial charge in [0, 0.05) is 26.1 Å². The number of ether oxygens (including phenoxy) is 1. The predicted molar refractivity (Wildman–Crippen MR) is 85.8 cm³/mol. The molecule has 1 saturated heterocycles. The van der Waals surface area contributed by atoms with E-state index in [1.54, 1.807) is 0 Å². The highest BCUT2D eigenvalue weighted by Gasteiger charge is 2.17. The lowest BCUT2D eigenvalue weighted by Crippen LogP contribution is -2.43. The van der Waals surface area contributed by atoms with Gasteiger partial charge in [-0.25, -0.2) is 0 Å². The van der Waals surface area contributed by atoms with Crippen LogP contribution in [0.15, 0.2) is 23.2 Å². The number of hydrogen-bond donors (Lipinski definition) is 1. The highest BCUT2D eigenvalue weighted by atomic mass is 16.5. The van der Waals surface area contributed by atoms with Gasteiger partial charge in [0.15, 0.2) is 5.96 Å². The molecular weight excluding hydrogens is 262 g/mol. The van der Waals surface area contributed by atoms with Crippen LogP contribution in [0.25, 0.3) is 0 Å². The third kappa shape index (κ3) is 3.49. The lowest BCUT2D eigenvalue weighted by Gasteiger charge is -2.31. The highest BCUT2D eigenvalue weighted by molar-refractivity contribution is 5.78. The van der Waals surface area contributed by atoms with E-state index < -0.39 is 0 Å². The van der Waals surface area contributed by atoms with E-state index in [0.29, 0.717) is 5.96 Å². The monoisotopic (exact) mass is 287 g/mol. The van der Waals surface area contributed by atoms with E-state index in [4.69, 9.17) is 10.5 Å². The van der Waals surface area contributed by atoms with Gasteiger partial charge in [-0.05, 0) is 42.4 Å². The maximum Gasteiger partial charge on any atom is 0.191 e. The largest absolute Gasteiger partial charge is 0.493 e. The summed E-state index contributed by atoms with van der Waals surface area (Å²) in [5.41, 5.74) is 8.77. The molecule has 2 aliphatic heterocycles. The van der Waals surface area contributed by atoms with Crippen LogP contribution in [0.5, 0.6) is 5.75 Å². The molecule has 4 nitrogen and oxygen atoms in total. The zero-order valence-electron chi connectivity index (χ0n) is 12.8. The molecule has 0 saturated carbocycles. The second kappa shape index (κ2) is 6.37. The molecule has 0 bridgehead atoms. The number of hydrogen-bond acceptors (Lipinski definition) is 2. The van der Waals surface area contributed by atoms with Crippen LogP contribution < -0.4 is 10.5 Å². The van der Waals surface area contributed by atoms with Crippen molar-refractivity contribution in [3.8, 4) is 5.75 Å². The van der Waals surface area contributed by atoms with Crippen molar-refractivity contribution in [2.45, 2.75) is 32.6 Å². The van der Waals surface area contributed by atoms with E-state index >= 15 is 0 Å². The average Bonchev–Trinajstić information content (AvgIpc) is 2.94. The van der Waals surface area contributed by atoms with Gasteiger partial charge in [-0.2, -0.15) is 0 Å². The predicted octanol–water partition coefficient (Wildman–Crippen LogP) is 2.21. The molecule has 4 heteroatoms. The Labute approximate surface area is 127 Å². The minimum absolute atomic E-state index is 0.714. The maximum atomic E-state index is 6.12. The molecule has 0 aliphatic carbocycles. The van der Waals surface area contributed by atoms with Gasteiger partial charge in [-0.3, -0.25) is 4.99 Å². The third-order valence-electron chi connectivity index (χ3n) is 4.41. The van der Waals surface area contributed by atoms with E-state index in [0.717, 1.165) is 50.8 Å². The van der Waals surface area contributed by atoms with Gasteiger partial charge in [0.25, 0.3) is 0 Å².